The molecule has 5 rings (SSSR count). The predicted octanol–water partition coefficient (Wildman–Crippen LogP) is 2.82. The fourth-order valence-corrected chi connectivity index (χ4v) is 5.14. The van der Waals surface area contributed by atoms with Gasteiger partial charge in [0.1, 0.15) is 17.6 Å². The third-order valence-corrected chi connectivity index (χ3v) is 6.65. The van der Waals surface area contributed by atoms with Crippen LogP contribution in [0.15, 0.2) is 74.1 Å². The van der Waals surface area contributed by atoms with E-state index in [1.807, 2.05) is 69.6 Å². The molecule has 3 aromatic heterocycles. The van der Waals surface area contributed by atoms with Crippen LogP contribution in [0.5, 0.6) is 0 Å². The molecule has 1 N–H and O–H groups in total. The standard InChI is InChI=1S/C25H23N5O3S/c1-14-10-11-19(33-14)22-21(23(31)27-18-8-6-5-7-9-18)16(3)26-25-30(22)24(32)20(34-25)12-17-13-29(4)28-15(17)2/h5-13,22H,1-4H3,(H,27,31)/b20-12+. The second-order valence-corrected chi connectivity index (χ2v) is 9.20. The largest absolute Gasteiger partial charge is 0.464 e. The number of benzene rings is 1. The van der Waals surface area contributed by atoms with Crippen molar-refractivity contribution in [1.82, 2.24) is 14.3 Å². The van der Waals surface area contributed by atoms with Crippen LogP contribution in [0.1, 0.15) is 35.7 Å². The van der Waals surface area contributed by atoms with Gasteiger partial charge in [-0.1, -0.05) is 29.5 Å². The molecule has 1 aromatic carbocycles. The van der Waals surface area contributed by atoms with E-state index >= 15 is 0 Å². The van der Waals surface area contributed by atoms with Gasteiger partial charge < -0.3 is 9.73 Å². The van der Waals surface area contributed by atoms with Crippen LogP contribution in [-0.2, 0) is 11.8 Å². The van der Waals surface area contributed by atoms with Gasteiger partial charge in [-0.15, -0.1) is 0 Å². The minimum Gasteiger partial charge on any atom is -0.464 e. The number of rotatable bonds is 4. The van der Waals surface area contributed by atoms with E-state index in [2.05, 4.69) is 15.4 Å². The molecule has 0 saturated heterocycles. The molecule has 8 nitrogen and oxygen atoms in total. The number of para-hydroxylation sites is 1. The number of aryl methyl sites for hydroxylation is 3. The minimum atomic E-state index is -0.731. The van der Waals surface area contributed by atoms with Crippen LogP contribution in [-0.4, -0.2) is 20.3 Å². The molecule has 0 radical (unpaired) electrons. The lowest BCUT2D eigenvalue weighted by Crippen LogP contribution is -2.40. The zero-order valence-corrected chi connectivity index (χ0v) is 20.0. The quantitative estimate of drug-likeness (QED) is 0.493. The van der Waals surface area contributed by atoms with E-state index in [1.54, 1.807) is 22.2 Å². The summed E-state index contributed by atoms with van der Waals surface area (Å²) in [5, 5.41) is 7.28. The Morgan fingerprint density at radius 2 is 1.91 bits per heavy atom. The van der Waals surface area contributed by atoms with Crippen LogP contribution in [0, 0.1) is 13.8 Å². The average molecular weight is 474 g/mol. The van der Waals surface area contributed by atoms with Gasteiger partial charge in [0.15, 0.2) is 4.80 Å². The van der Waals surface area contributed by atoms with E-state index < -0.39 is 6.04 Å². The number of hydrogen-bond acceptors (Lipinski definition) is 6. The normalized spacial score (nSPS) is 15.9. The van der Waals surface area contributed by atoms with Crippen molar-refractivity contribution in [2.75, 3.05) is 5.32 Å². The highest BCUT2D eigenvalue weighted by molar-refractivity contribution is 7.07. The number of aromatic nitrogens is 3. The number of hydrogen-bond donors (Lipinski definition) is 1. The number of nitrogens with one attached hydrogen (secondary N) is 1. The zero-order chi connectivity index (χ0) is 24.0. The Bertz CT molecular complexity index is 1620. The smallest absolute Gasteiger partial charge is 0.271 e. The molecule has 0 saturated carbocycles. The van der Waals surface area contributed by atoms with E-state index in [0.29, 0.717) is 37.8 Å². The Hall–Kier alpha value is -3.98. The van der Waals surface area contributed by atoms with Gasteiger partial charge in [0.05, 0.1) is 21.5 Å². The molecule has 1 amide bonds. The molecule has 0 aliphatic carbocycles. The number of allylic oxidation sites excluding steroid dienone is 1. The predicted molar refractivity (Wildman–Crippen MR) is 130 cm³/mol. The van der Waals surface area contributed by atoms with Crippen molar-refractivity contribution in [1.29, 1.82) is 0 Å². The second-order valence-electron chi connectivity index (χ2n) is 8.19. The van der Waals surface area contributed by atoms with Gasteiger partial charge in [0.25, 0.3) is 11.5 Å². The second kappa shape index (κ2) is 8.42. The maximum atomic E-state index is 13.6. The minimum absolute atomic E-state index is 0.233. The third kappa shape index (κ3) is 3.84. The van der Waals surface area contributed by atoms with Crippen LogP contribution in [0.4, 0.5) is 5.69 Å². The molecule has 4 aromatic rings. The van der Waals surface area contributed by atoms with Crippen LogP contribution in [0.3, 0.4) is 0 Å². The number of carbonyl (C=O) groups excluding carboxylic acids is 1. The van der Waals surface area contributed by atoms with E-state index in [-0.39, 0.29) is 11.5 Å². The summed E-state index contributed by atoms with van der Waals surface area (Å²) in [6.07, 6.45) is 3.69. The van der Waals surface area contributed by atoms with Crippen LogP contribution in [0.2, 0.25) is 0 Å². The molecule has 0 spiro atoms. The molecule has 34 heavy (non-hydrogen) atoms. The van der Waals surface area contributed by atoms with Crippen molar-refractivity contribution in [2.45, 2.75) is 26.8 Å². The summed E-state index contributed by atoms with van der Waals surface area (Å²) in [6, 6.07) is 12.1. The topological polar surface area (TPSA) is 94.4 Å². The highest BCUT2D eigenvalue weighted by atomic mass is 32.1. The monoisotopic (exact) mass is 473 g/mol. The molecule has 9 heteroatoms. The fraction of sp³-hybridized carbons (Fsp3) is 0.200. The van der Waals surface area contributed by atoms with E-state index in [9.17, 15) is 9.59 Å². The van der Waals surface area contributed by atoms with Crippen molar-refractivity contribution in [3.63, 3.8) is 0 Å². The Labute approximate surface area is 199 Å². The van der Waals surface area contributed by atoms with Crippen LogP contribution < -0.4 is 20.2 Å². The first-order valence-electron chi connectivity index (χ1n) is 10.8. The van der Waals surface area contributed by atoms with Gasteiger partial charge >= 0.3 is 0 Å². The highest BCUT2D eigenvalue weighted by Crippen LogP contribution is 2.31. The number of nitrogens with zero attached hydrogens (tertiary/aromatic N) is 4. The van der Waals surface area contributed by atoms with Gasteiger partial charge in [-0.05, 0) is 51.1 Å². The molecule has 0 fully saturated rings. The first kappa shape index (κ1) is 21.8. The van der Waals surface area contributed by atoms with E-state index in [4.69, 9.17) is 4.42 Å². The molecule has 172 valence electrons. The van der Waals surface area contributed by atoms with Crippen molar-refractivity contribution in [3.05, 3.63) is 102 Å². The Morgan fingerprint density at radius 1 is 1.15 bits per heavy atom. The molecule has 4 heterocycles. The maximum Gasteiger partial charge on any atom is 0.271 e. The van der Waals surface area contributed by atoms with Gasteiger partial charge in [0.2, 0.25) is 0 Å². The molecular weight excluding hydrogens is 450 g/mol. The van der Waals surface area contributed by atoms with Crippen molar-refractivity contribution in [3.8, 4) is 0 Å². The molecular formula is C25H23N5O3S. The molecule has 1 aliphatic rings. The van der Waals surface area contributed by atoms with Gasteiger partial charge in [0, 0.05) is 24.5 Å². The summed E-state index contributed by atoms with van der Waals surface area (Å²) in [5.74, 6) is 0.875. The average Bonchev–Trinajstić information content (AvgIpc) is 3.45. The Kier molecular flexibility index (Phi) is 5.41. The van der Waals surface area contributed by atoms with E-state index in [1.165, 1.54) is 11.3 Å². The summed E-state index contributed by atoms with van der Waals surface area (Å²) >= 11 is 1.29. The highest BCUT2D eigenvalue weighted by Gasteiger charge is 2.34. The fourth-order valence-electron chi connectivity index (χ4n) is 4.10. The number of amides is 1. The molecule has 1 unspecified atom stereocenters. The Balaban J connectivity index is 1.68. The molecule has 1 aliphatic heterocycles. The summed E-state index contributed by atoms with van der Waals surface area (Å²) in [7, 11) is 1.84. The first-order valence-corrected chi connectivity index (χ1v) is 11.6. The summed E-state index contributed by atoms with van der Waals surface area (Å²) in [5.41, 5.74) is 3.02. The summed E-state index contributed by atoms with van der Waals surface area (Å²) < 4.78 is 9.70. The molecule has 1 atom stereocenters. The number of thiazole rings is 1. The van der Waals surface area contributed by atoms with Crippen molar-refractivity contribution in [2.24, 2.45) is 12.0 Å². The lowest BCUT2D eigenvalue weighted by Gasteiger charge is -2.23. The zero-order valence-electron chi connectivity index (χ0n) is 19.2. The SMILES string of the molecule is CC1=C(C(=O)Nc2ccccc2)C(c2ccc(C)o2)n2c(s/c(=C/c3cn(C)nc3C)c2=O)=N1. The molecule has 0 bridgehead atoms. The van der Waals surface area contributed by atoms with Gasteiger partial charge in [-0.25, -0.2) is 4.99 Å². The number of carbonyl (C=O) groups is 1. The number of furan rings is 1. The first-order chi connectivity index (χ1) is 16.3. The van der Waals surface area contributed by atoms with Gasteiger partial charge in [-0.2, -0.15) is 5.10 Å². The van der Waals surface area contributed by atoms with Crippen molar-refractivity contribution >= 4 is 29.0 Å². The number of fused-ring (bicyclic) bond motifs is 1. The van der Waals surface area contributed by atoms with Gasteiger partial charge in [-0.3, -0.25) is 18.8 Å². The van der Waals surface area contributed by atoms with Crippen LogP contribution >= 0.6 is 11.3 Å². The lowest BCUT2D eigenvalue weighted by molar-refractivity contribution is -0.113. The Morgan fingerprint density at radius 3 is 2.56 bits per heavy atom. The van der Waals surface area contributed by atoms with Crippen molar-refractivity contribution < 1.29 is 9.21 Å². The maximum absolute atomic E-state index is 13.6. The summed E-state index contributed by atoms with van der Waals surface area (Å²) in [6.45, 7) is 5.51. The lowest BCUT2D eigenvalue weighted by atomic mass is 10.00. The number of anilines is 1. The third-order valence-electron chi connectivity index (χ3n) is 5.67. The summed E-state index contributed by atoms with van der Waals surface area (Å²) in [4.78, 5) is 32.2. The van der Waals surface area contributed by atoms with E-state index in [0.717, 1.165) is 11.3 Å². The van der Waals surface area contributed by atoms with Crippen LogP contribution in [0.25, 0.3) is 6.08 Å².